The van der Waals surface area contributed by atoms with Crippen LogP contribution in [0.5, 0.6) is 0 Å². The van der Waals surface area contributed by atoms with E-state index >= 15 is 0 Å². The van der Waals surface area contributed by atoms with Gasteiger partial charge in [0.15, 0.2) is 0 Å². The summed E-state index contributed by atoms with van der Waals surface area (Å²) in [6, 6.07) is 51.8. The highest BCUT2D eigenvalue weighted by molar-refractivity contribution is 7.30. The standard InChI is InChI=1S/C43H29NS2/c1-43(2)33-16-9-8-15-30(33)31-21-20-28(25-34(31)43)44(27-12-4-3-5-13-27)35-17-10-18-36-40(35)41-38(45-36)24-22-32-39-29-14-7-6-11-26(29)19-23-37(39)46-42(32)41/h3-25H,1-2H3. The van der Waals surface area contributed by atoms with E-state index in [0.29, 0.717) is 0 Å². The van der Waals surface area contributed by atoms with Gasteiger partial charge < -0.3 is 4.90 Å². The van der Waals surface area contributed by atoms with Crippen molar-refractivity contribution in [1.29, 1.82) is 0 Å². The molecule has 2 aromatic heterocycles. The van der Waals surface area contributed by atoms with E-state index in [1.54, 1.807) is 0 Å². The molecule has 0 fully saturated rings. The van der Waals surface area contributed by atoms with E-state index in [9.17, 15) is 0 Å². The first-order valence-corrected chi connectivity index (χ1v) is 17.5. The first kappa shape index (κ1) is 26.3. The van der Waals surface area contributed by atoms with Crippen molar-refractivity contribution < 1.29 is 0 Å². The summed E-state index contributed by atoms with van der Waals surface area (Å²) in [5.41, 5.74) is 8.98. The number of rotatable bonds is 3. The van der Waals surface area contributed by atoms with Crippen LogP contribution >= 0.6 is 22.7 Å². The van der Waals surface area contributed by atoms with Crippen LogP contribution in [0.1, 0.15) is 25.0 Å². The van der Waals surface area contributed by atoms with Gasteiger partial charge in [0.1, 0.15) is 0 Å². The summed E-state index contributed by atoms with van der Waals surface area (Å²) in [6.45, 7) is 4.73. The van der Waals surface area contributed by atoms with Gasteiger partial charge in [0.2, 0.25) is 0 Å². The molecule has 1 aliphatic carbocycles. The minimum Gasteiger partial charge on any atom is -0.310 e. The zero-order valence-electron chi connectivity index (χ0n) is 25.5. The zero-order chi connectivity index (χ0) is 30.6. The van der Waals surface area contributed by atoms with Crippen molar-refractivity contribution in [1.82, 2.24) is 0 Å². The predicted molar refractivity (Wildman–Crippen MR) is 202 cm³/mol. The lowest BCUT2D eigenvalue weighted by molar-refractivity contribution is 0.660. The number of benzene rings is 7. The predicted octanol–water partition coefficient (Wildman–Crippen LogP) is 13.4. The van der Waals surface area contributed by atoms with Crippen LogP contribution in [-0.4, -0.2) is 0 Å². The second kappa shape index (κ2) is 9.53. The topological polar surface area (TPSA) is 3.24 Å². The molecular weight excluding hydrogens is 595 g/mol. The van der Waals surface area contributed by atoms with Crippen molar-refractivity contribution in [2.24, 2.45) is 0 Å². The van der Waals surface area contributed by atoms with Crippen LogP contribution in [0, 0.1) is 0 Å². The lowest BCUT2D eigenvalue weighted by atomic mass is 9.82. The molecule has 0 N–H and O–H groups in total. The van der Waals surface area contributed by atoms with Gasteiger partial charge in [0.05, 0.1) is 5.69 Å². The molecule has 0 atom stereocenters. The molecule has 0 saturated carbocycles. The maximum absolute atomic E-state index is 2.48. The van der Waals surface area contributed by atoms with Crippen molar-refractivity contribution in [3.8, 4) is 11.1 Å². The largest absolute Gasteiger partial charge is 0.310 e. The molecule has 9 aromatic rings. The molecule has 7 aromatic carbocycles. The van der Waals surface area contributed by atoms with Gasteiger partial charge in [-0.25, -0.2) is 0 Å². The van der Waals surface area contributed by atoms with Gasteiger partial charge in [-0.05, 0) is 81.6 Å². The monoisotopic (exact) mass is 623 g/mol. The molecule has 0 bridgehead atoms. The molecule has 0 unspecified atom stereocenters. The Hall–Kier alpha value is -4.96. The Kier molecular flexibility index (Phi) is 5.44. The molecule has 10 rings (SSSR count). The van der Waals surface area contributed by atoms with Crippen LogP contribution in [0.2, 0.25) is 0 Å². The smallest absolute Gasteiger partial charge is 0.0555 e. The maximum atomic E-state index is 2.48. The summed E-state index contributed by atoms with van der Waals surface area (Å²) in [5.74, 6) is 0. The van der Waals surface area contributed by atoms with Crippen molar-refractivity contribution in [3.63, 3.8) is 0 Å². The van der Waals surface area contributed by atoms with E-state index in [-0.39, 0.29) is 5.41 Å². The van der Waals surface area contributed by atoms with Crippen molar-refractivity contribution in [2.75, 3.05) is 4.90 Å². The molecule has 0 saturated heterocycles. The molecule has 0 aliphatic heterocycles. The van der Waals surface area contributed by atoms with Gasteiger partial charge in [-0.15, -0.1) is 22.7 Å². The normalized spacial score (nSPS) is 13.6. The fourth-order valence-electron chi connectivity index (χ4n) is 7.91. The molecule has 0 spiro atoms. The molecule has 1 aliphatic rings. The third-order valence-electron chi connectivity index (χ3n) is 10.0. The third kappa shape index (κ3) is 3.56. The van der Waals surface area contributed by atoms with E-state index < -0.39 is 0 Å². The van der Waals surface area contributed by atoms with E-state index in [4.69, 9.17) is 0 Å². The SMILES string of the molecule is CC1(C)c2ccccc2-c2ccc(N(c3ccccc3)c3cccc4sc5ccc6c(sc7ccc8ccccc8c76)c5c34)cc21. The van der Waals surface area contributed by atoms with Gasteiger partial charge in [0, 0.05) is 57.1 Å². The van der Waals surface area contributed by atoms with Gasteiger partial charge in [-0.1, -0.05) is 105 Å². The number of fused-ring (bicyclic) bond motifs is 12. The van der Waals surface area contributed by atoms with Gasteiger partial charge >= 0.3 is 0 Å². The lowest BCUT2D eigenvalue weighted by Crippen LogP contribution is -2.16. The fraction of sp³-hybridized carbons (Fsp3) is 0.0698. The van der Waals surface area contributed by atoms with Crippen LogP contribution in [0.15, 0.2) is 140 Å². The highest BCUT2D eigenvalue weighted by atomic mass is 32.1. The molecule has 0 amide bonds. The second-order valence-corrected chi connectivity index (χ2v) is 15.0. The van der Waals surface area contributed by atoms with Crippen LogP contribution < -0.4 is 4.90 Å². The number of anilines is 3. The quantitative estimate of drug-likeness (QED) is 0.189. The van der Waals surface area contributed by atoms with Crippen molar-refractivity contribution >= 4 is 90.9 Å². The third-order valence-corrected chi connectivity index (χ3v) is 12.4. The molecule has 46 heavy (non-hydrogen) atoms. The average molecular weight is 624 g/mol. The highest BCUT2D eigenvalue weighted by Crippen LogP contribution is 2.53. The van der Waals surface area contributed by atoms with E-state index in [1.807, 2.05) is 22.7 Å². The Morgan fingerprint density at radius 2 is 1.22 bits per heavy atom. The first-order chi connectivity index (χ1) is 22.6. The second-order valence-electron chi connectivity index (χ2n) is 12.9. The van der Waals surface area contributed by atoms with Crippen molar-refractivity contribution in [2.45, 2.75) is 19.3 Å². The lowest BCUT2D eigenvalue weighted by Gasteiger charge is -2.28. The summed E-state index contributed by atoms with van der Waals surface area (Å²) in [4.78, 5) is 2.48. The van der Waals surface area contributed by atoms with E-state index in [1.165, 1.54) is 84.7 Å². The Balaban J connectivity index is 1.28. The summed E-state index contributed by atoms with van der Waals surface area (Å²) < 4.78 is 5.38. The number of para-hydroxylation sites is 1. The summed E-state index contributed by atoms with van der Waals surface area (Å²) in [7, 11) is 0. The van der Waals surface area contributed by atoms with E-state index in [2.05, 4.69) is 158 Å². The Morgan fingerprint density at radius 1 is 0.478 bits per heavy atom. The fourth-order valence-corrected chi connectivity index (χ4v) is 10.4. The molecule has 218 valence electrons. The molecular formula is C43H29NS2. The zero-order valence-corrected chi connectivity index (χ0v) is 27.2. The first-order valence-electron chi connectivity index (χ1n) is 15.9. The molecule has 1 nitrogen and oxygen atoms in total. The van der Waals surface area contributed by atoms with Gasteiger partial charge in [-0.2, -0.15) is 0 Å². The molecule has 3 heteroatoms. The number of hydrogen-bond acceptors (Lipinski definition) is 3. The van der Waals surface area contributed by atoms with Crippen molar-refractivity contribution in [3.05, 3.63) is 151 Å². The summed E-state index contributed by atoms with van der Waals surface area (Å²) in [5, 5.41) is 8.05. The Morgan fingerprint density at radius 3 is 2.13 bits per heavy atom. The number of hydrogen-bond donors (Lipinski definition) is 0. The average Bonchev–Trinajstić information content (AvgIpc) is 3.74. The minimum atomic E-state index is -0.0720. The van der Waals surface area contributed by atoms with Crippen LogP contribution in [-0.2, 0) is 5.41 Å². The molecule has 2 heterocycles. The minimum absolute atomic E-state index is 0.0720. The van der Waals surface area contributed by atoms with Gasteiger partial charge in [0.25, 0.3) is 0 Å². The van der Waals surface area contributed by atoms with Crippen LogP contribution in [0.4, 0.5) is 17.1 Å². The number of nitrogens with zero attached hydrogens (tertiary/aromatic N) is 1. The Labute approximate surface area is 275 Å². The van der Waals surface area contributed by atoms with Crippen LogP contribution in [0.3, 0.4) is 0 Å². The number of thiophene rings is 2. The maximum Gasteiger partial charge on any atom is 0.0555 e. The van der Waals surface area contributed by atoms with E-state index in [0.717, 1.165) is 5.69 Å². The molecule has 0 radical (unpaired) electrons. The Bertz CT molecular complexity index is 2670. The van der Waals surface area contributed by atoms with Gasteiger partial charge in [-0.3, -0.25) is 0 Å². The highest BCUT2D eigenvalue weighted by Gasteiger charge is 2.36. The summed E-state index contributed by atoms with van der Waals surface area (Å²) in [6.07, 6.45) is 0. The summed E-state index contributed by atoms with van der Waals surface area (Å²) >= 11 is 3.84. The van der Waals surface area contributed by atoms with Crippen LogP contribution in [0.25, 0.3) is 62.2 Å².